The van der Waals surface area contributed by atoms with E-state index in [1.807, 2.05) is 17.9 Å². The maximum absolute atomic E-state index is 5.19. The van der Waals surface area contributed by atoms with E-state index in [2.05, 4.69) is 50.2 Å². The van der Waals surface area contributed by atoms with Gasteiger partial charge in [0, 0.05) is 32.8 Å². The number of hydrogen-bond acceptors (Lipinski definition) is 5. The predicted molar refractivity (Wildman–Crippen MR) is 87.5 cm³/mol. The van der Waals surface area contributed by atoms with Crippen LogP contribution >= 0.6 is 15.9 Å². The van der Waals surface area contributed by atoms with Crippen LogP contribution in [-0.4, -0.2) is 80.1 Å². The van der Waals surface area contributed by atoms with Crippen molar-refractivity contribution in [1.29, 1.82) is 0 Å². The zero-order valence-corrected chi connectivity index (χ0v) is 14.9. The van der Waals surface area contributed by atoms with Crippen molar-refractivity contribution in [3.8, 4) is 0 Å². The van der Waals surface area contributed by atoms with Gasteiger partial charge in [0.15, 0.2) is 0 Å². The fourth-order valence-electron chi connectivity index (χ4n) is 2.95. The van der Waals surface area contributed by atoms with Gasteiger partial charge in [0.2, 0.25) is 0 Å². The van der Waals surface area contributed by atoms with Gasteiger partial charge in [0.1, 0.15) is 0 Å². The highest BCUT2D eigenvalue weighted by molar-refractivity contribution is 9.10. The Morgan fingerprint density at radius 3 is 2.90 bits per heavy atom. The first kappa shape index (κ1) is 16.9. The fraction of sp³-hybridized carbons (Fsp3) is 0.786. The molecule has 2 unspecified atom stereocenters. The Labute approximate surface area is 135 Å². The Morgan fingerprint density at radius 2 is 2.24 bits per heavy atom. The van der Waals surface area contributed by atoms with Crippen LogP contribution < -0.4 is 5.32 Å². The van der Waals surface area contributed by atoms with Crippen LogP contribution in [0.4, 0.5) is 0 Å². The van der Waals surface area contributed by atoms with Crippen molar-refractivity contribution in [2.75, 3.05) is 54.5 Å². The maximum Gasteiger partial charge on any atom is 0.0713 e. The van der Waals surface area contributed by atoms with Gasteiger partial charge < -0.3 is 15.0 Å². The molecule has 1 aromatic heterocycles. The number of ether oxygens (including phenoxy) is 1. The monoisotopic (exact) mass is 359 g/mol. The molecule has 0 spiro atoms. The van der Waals surface area contributed by atoms with Crippen molar-refractivity contribution in [3.05, 3.63) is 16.4 Å². The lowest BCUT2D eigenvalue weighted by Gasteiger charge is -2.42. The molecule has 7 heteroatoms. The Balaban J connectivity index is 2.25. The van der Waals surface area contributed by atoms with Gasteiger partial charge in [-0.05, 0) is 37.1 Å². The van der Waals surface area contributed by atoms with Gasteiger partial charge in [-0.1, -0.05) is 0 Å². The highest BCUT2D eigenvalue weighted by Crippen LogP contribution is 2.29. The Morgan fingerprint density at radius 1 is 1.48 bits per heavy atom. The number of likely N-dealkylation sites (N-methyl/N-ethyl adjacent to an activating group) is 3. The average Bonchev–Trinajstić information content (AvgIpc) is 2.83. The Hall–Kier alpha value is -0.470. The van der Waals surface area contributed by atoms with E-state index in [0.717, 1.165) is 30.7 Å². The van der Waals surface area contributed by atoms with Crippen LogP contribution in [0.3, 0.4) is 0 Å². The van der Waals surface area contributed by atoms with Gasteiger partial charge in [-0.25, -0.2) is 0 Å². The molecule has 120 valence electrons. The minimum Gasteiger partial charge on any atom is -0.383 e. The zero-order valence-electron chi connectivity index (χ0n) is 13.3. The number of nitrogens with zero attached hydrogens (tertiary/aromatic N) is 4. The molecule has 2 rings (SSSR count). The molecular weight excluding hydrogens is 334 g/mol. The van der Waals surface area contributed by atoms with Gasteiger partial charge in [0.25, 0.3) is 0 Å². The van der Waals surface area contributed by atoms with Gasteiger partial charge in [-0.3, -0.25) is 9.58 Å². The number of nitrogens with one attached hydrogen (secondary N) is 1. The quantitative estimate of drug-likeness (QED) is 0.813. The highest BCUT2D eigenvalue weighted by atomic mass is 79.9. The minimum atomic E-state index is 0.228. The summed E-state index contributed by atoms with van der Waals surface area (Å²) in [6.07, 6.45) is 1.88. The second-order valence-electron chi connectivity index (χ2n) is 5.67. The molecule has 0 amide bonds. The molecule has 0 radical (unpaired) electrons. The predicted octanol–water partition coefficient (Wildman–Crippen LogP) is 0.798. The standard InChI is InChI=1S/C14H26BrN5O/c1-16-13(12-10-18(2)5-6-19(12)3)14-11(15)9-17-20(14)7-8-21-4/h9,12-13,16H,5-8,10H2,1-4H3. The summed E-state index contributed by atoms with van der Waals surface area (Å²) in [5.41, 5.74) is 1.20. The van der Waals surface area contributed by atoms with Crippen molar-refractivity contribution in [3.63, 3.8) is 0 Å². The number of aromatic nitrogens is 2. The summed E-state index contributed by atoms with van der Waals surface area (Å²) in [4.78, 5) is 4.82. The molecular formula is C14H26BrN5O. The summed E-state index contributed by atoms with van der Waals surface area (Å²) in [5.74, 6) is 0. The number of halogens is 1. The van der Waals surface area contributed by atoms with Crippen LogP contribution in [0.2, 0.25) is 0 Å². The Kier molecular flexibility index (Phi) is 6.19. The first-order valence-corrected chi connectivity index (χ1v) is 8.14. The van der Waals surface area contributed by atoms with Crippen LogP contribution in [0.25, 0.3) is 0 Å². The summed E-state index contributed by atoms with van der Waals surface area (Å²) in [6, 6.07) is 0.648. The number of methoxy groups -OCH3 is 1. The van der Waals surface area contributed by atoms with E-state index < -0.39 is 0 Å². The van der Waals surface area contributed by atoms with E-state index in [9.17, 15) is 0 Å². The van der Waals surface area contributed by atoms with Crippen molar-refractivity contribution < 1.29 is 4.74 Å². The topological polar surface area (TPSA) is 45.6 Å². The molecule has 2 atom stereocenters. The lowest BCUT2D eigenvalue weighted by molar-refractivity contribution is 0.0864. The third kappa shape index (κ3) is 3.84. The van der Waals surface area contributed by atoms with Crippen molar-refractivity contribution >= 4 is 15.9 Å². The van der Waals surface area contributed by atoms with Crippen LogP contribution in [0.15, 0.2) is 10.7 Å². The summed E-state index contributed by atoms with van der Waals surface area (Å²) in [7, 11) is 8.13. The SMILES string of the molecule is CNC(c1c(Br)cnn1CCOC)C1CN(C)CCN1C. The zero-order chi connectivity index (χ0) is 15.4. The summed E-state index contributed by atoms with van der Waals surface area (Å²) >= 11 is 3.66. The number of hydrogen-bond donors (Lipinski definition) is 1. The second kappa shape index (κ2) is 7.69. The van der Waals surface area contributed by atoms with E-state index in [-0.39, 0.29) is 6.04 Å². The molecule has 1 aliphatic rings. The summed E-state index contributed by atoms with van der Waals surface area (Å²) < 4.78 is 8.29. The first-order valence-electron chi connectivity index (χ1n) is 7.34. The normalized spacial score (nSPS) is 22.6. The molecule has 6 nitrogen and oxygen atoms in total. The molecule has 0 aromatic carbocycles. The second-order valence-corrected chi connectivity index (χ2v) is 6.52. The van der Waals surface area contributed by atoms with Gasteiger partial charge >= 0.3 is 0 Å². The van der Waals surface area contributed by atoms with E-state index in [4.69, 9.17) is 4.74 Å². The number of piperazine rings is 1. The minimum absolute atomic E-state index is 0.228. The molecule has 1 fully saturated rings. The lowest BCUT2D eigenvalue weighted by Crippen LogP contribution is -2.55. The molecule has 0 aliphatic carbocycles. The Bertz CT molecular complexity index is 453. The molecule has 0 saturated carbocycles. The maximum atomic E-state index is 5.19. The van der Waals surface area contributed by atoms with Gasteiger partial charge in [0.05, 0.1) is 35.6 Å². The molecule has 0 bridgehead atoms. The van der Waals surface area contributed by atoms with Crippen LogP contribution in [0.1, 0.15) is 11.7 Å². The fourth-order valence-corrected chi connectivity index (χ4v) is 3.50. The van der Waals surface area contributed by atoms with E-state index in [1.165, 1.54) is 5.69 Å². The van der Waals surface area contributed by atoms with E-state index in [0.29, 0.717) is 12.6 Å². The lowest BCUT2D eigenvalue weighted by atomic mass is 10.0. The van der Waals surface area contributed by atoms with Crippen molar-refractivity contribution in [2.45, 2.75) is 18.6 Å². The van der Waals surface area contributed by atoms with Crippen LogP contribution in [0.5, 0.6) is 0 Å². The summed E-state index contributed by atoms with van der Waals surface area (Å²) in [5, 5.41) is 7.96. The van der Waals surface area contributed by atoms with E-state index >= 15 is 0 Å². The number of rotatable bonds is 6. The average molecular weight is 360 g/mol. The highest BCUT2D eigenvalue weighted by Gasteiger charge is 2.33. The molecule has 1 aromatic rings. The van der Waals surface area contributed by atoms with Gasteiger partial charge in [-0.2, -0.15) is 5.10 Å². The summed E-state index contributed by atoms with van der Waals surface area (Å²) in [6.45, 7) is 4.68. The van der Waals surface area contributed by atoms with Gasteiger partial charge in [-0.15, -0.1) is 0 Å². The smallest absolute Gasteiger partial charge is 0.0713 e. The molecule has 1 aliphatic heterocycles. The van der Waals surface area contributed by atoms with E-state index in [1.54, 1.807) is 7.11 Å². The molecule has 1 saturated heterocycles. The third-order valence-corrected chi connectivity index (χ3v) is 4.84. The van der Waals surface area contributed by atoms with Crippen LogP contribution in [-0.2, 0) is 11.3 Å². The van der Waals surface area contributed by atoms with Crippen LogP contribution in [0, 0.1) is 0 Å². The largest absolute Gasteiger partial charge is 0.383 e. The third-order valence-electron chi connectivity index (χ3n) is 4.23. The first-order chi connectivity index (χ1) is 10.1. The molecule has 21 heavy (non-hydrogen) atoms. The van der Waals surface area contributed by atoms with Crippen molar-refractivity contribution in [1.82, 2.24) is 24.9 Å². The molecule has 2 heterocycles. The van der Waals surface area contributed by atoms with Crippen molar-refractivity contribution in [2.24, 2.45) is 0 Å². The molecule has 1 N–H and O–H groups in total.